The highest BCUT2D eigenvalue weighted by molar-refractivity contribution is 6.45. The van der Waals surface area contributed by atoms with E-state index in [1.807, 2.05) is 0 Å². The summed E-state index contributed by atoms with van der Waals surface area (Å²) in [6, 6.07) is -0.0839. The van der Waals surface area contributed by atoms with E-state index < -0.39 is 17.6 Å². The quantitative estimate of drug-likeness (QED) is 0.406. The molecule has 0 aromatic rings. The van der Waals surface area contributed by atoms with Crippen LogP contribution in [0.1, 0.15) is 6.42 Å². The Bertz CT molecular complexity index is 108. The SMILES string of the molecule is FC(F)(F)CC[Si]OC(Cl)Cl. The normalized spacial score (nSPS) is 12.5. The molecule has 0 aliphatic carbocycles. The number of rotatable bonds is 4. The lowest BCUT2D eigenvalue weighted by Crippen LogP contribution is -2.10. The van der Waals surface area contributed by atoms with Gasteiger partial charge < -0.3 is 4.43 Å². The van der Waals surface area contributed by atoms with Crippen molar-refractivity contribution in [1.82, 2.24) is 0 Å². The maximum absolute atomic E-state index is 11.5. The smallest absolute Gasteiger partial charge is 0.388 e. The molecular weight excluding hydrogens is 220 g/mol. The van der Waals surface area contributed by atoms with Crippen LogP contribution in [0.25, 0.3) is 0 Å². The van der Waals surface area contributed by atoms with Crippen LogP contribution in [0.5, 0.6) is 0 Å². The molecular formula is C4H5Cl2F3OSi. The second-order valence-corrected chi connectivity index (χ2v) is 3.68. The molecule has 0 rings (SSSR count). The van der Waals surface area contributed by atoms with Crippen molar-refractivity contribution in [3.05, 3.63) is 0 Å². The van der Waals surface area contributed by atoms with Crippen molar-refractivity contribution < 1.29 is 17.6 Å². The highest BCUT2D eigenvalue weighted by Crippen LogP contribution is 2.21. The second kappa shape index (κ2) is 5.24. The Labute approximate surface area is 74.7 Å². The number of hydrogen-bond donors (Lipinski definition) is 0. The molecule has 0 unspecified atom stereocenters. The van der Waals surface area contributed by atoms with E-state index in [9.17, 15) is 13.2 Å². The number of alkyl halides is 5. The van der Waals surface area contributed by atoms with Crippen molar-refractivity contribution in [3.63, 3.8) is 0 Å². The largest absolute Gasteiger partial charge is 0.390 e. The zero-order valence-electron chi connectivity index (χ0n) is 5.29. The van der Waals surface area contributed by atoms with Crippen LogP contribution in [0, 0.1) is 0 Å². The molecule has 1 nitrogen and oxygen atoms in total. The summed E-state index contributed by atoms with van der Waals surface area (Å²) >= 11 is 10.2. The van der Waals surface area contributed by atoms with Gasteiger partial charge in [0.15, 0.2) is 5.02 Å². The first-order valence-corrected chi connectivity index (χ1v) is 4.64. The molecule has 0 spiro atoms. The van der Waals surface area contributed by atoms with E-state index in [4.69, 9.17) is 23.2 Å². The van der Waals surface area contributed by atoms with Crippen LogP contribution in [0.2, 0.25) is 6.04 Å². The predicted octanol–water partition coefficient (Wildman–Crippen LogP) is 2.75. The first-order chi connectivity index (χ1) is 4.92. The van der Waals surface area contributed by atoms with Crippen molar-refractivity contribution in [3.8, 4) is 0 Å². The monoisotopic (exact) mass is 224 g/mol. The molecule has 66 valence electrons. The molecule has 0 amide bonds. The van der Waals surface area contributed by atoms with Crippen LogP contribution in [0.4, 0.5) is 13.2 Å². The van der Waals surface area contributed by atoms with Crippen LogP contribution in [-0.2, 0) is 4.43 Å². The fraction of sp³-hybridized carbons (Fsp3) is 1.00. The van der Waals surface area contributed by atoms with Crippen molar-refractivity contribution >= 4 is 33.0 Å². The molecule has 0 N–H and O–H groups in total. The molecule has 0 saturated heterocycles. The summed E-state index contributed by atoms with van der Waals surface area (Å²) < 4.78 is 38.9. The maximum atomic E-state index is 11.5. The zero-order valence-corrected chi connectivity index (χ0v) is 7.80. The van der Waals surface area contributed by atoms with Crippen LogP contribution in [0.3, 0.4) is 0 Å². The van der Waals surface area contributed by atoms with Gasteiger partial charge in [0.05, 0.1) is 0 Å². The highest BCUT2D eigenvalue weighted by atomic mass is 35.5. The maximum Gasteiger partial charge on any atom is 0.388 e. The average Bonchev–Trinajstić information content (AvgIpc) is 1.78. The highest BCUT2D eigenvalue weighted by Gasteiger charge is 2.26. The lowest BCUT2D eigenvalue weighted by Gasteiger charge is -2.05. The first-order valence-electron chi connectivity index (χ1n) is 2.65. The van der Waals surface area contributed by atoms with Gasteiger partial charge in [0.1, 0.15) is 0 Å². The van der Waals surface area contributed by atoms with Gasteiger partial charge in [-0.05, 0) is 6.04 Å². The third kappa shape index (κ3) is 10.5. The Balaban J connectivity index is 3.15. The van der Waals surface area contributed by atoms with Crippen LogP contribution in [0.15, 0.2) is 0 Å². The Morgan fingerprint density at radius 3 is 2.27 bits per heavy atom. The van der Waals surface area contributed by atoms with Crippen molar-refractivity contribution in [2.45, 2.75) is 23.7 Å². The van der Waals surface area contributed by atoms with Crippen molar-refractivity contribution in [2.75, 3.05) is 0 Å². The Morgan fingerprint density at radius 2 is 1.91 bits per heavy atom. The molecule has 7 heteroatoms. The van der Waals surface area contributed by atoms with E-state index in [1.54, 1.807) is 0 Å². The van der Waals surface area contributed by atoms with Gasteiger partial charge >= 0.3 is 6.18 Å². The summed E-state index contributed by atoms with van der Waals surface area (Å²) in [5, 5.41) is -1.03. The molecule has 0 atom stereocenters. The van der Waals surface area contributed by atoms with Gasteiger partial charge in [-0.25, -0.2) is 0 Å². The lowest BCUT2D eigenvalue weighted by molar-refractivity contribution is -0.130. The second-order valence-electron chi connectivity index (χ2n) is 1.64. The van der Waals surface area contributed by atoms with E-state index in [0.717, 1.165) is 0 Å². The predicted molar refractivity (Wildman–Crippen MR) is 37.8 cm³/mol. The molecule has 0 fully saturated rings. The van der Waals surface area contributed by atoms with Crippen LogP contribution >= 0.6 is 23.2 Å². The fourth-order valence-corrected chi connectivity index (χ4v) is 1.32. The lowest BCUT2D eigenvalue weighted by atomic mass is 10.5. The third-order valence-corrected chi connectivity index (χ3v) is 2.02. The Morgan fingerprint density at radius 1 is 1.36 bits per heavy atom. The van der Waals surface area contributed by atoms with Crippen LogP contribution in [-0.4, -0.2) is 21.0 Å². The van der Waals surface area contributed by atoms with Gasteiger partial charge in [-0.2, -0.15) is 13.2 Å². The standard InChI is InChI=1S/C4H5Cl2F3OSi/c5-3(6)10-11-2-1-4(7,8)9/h3H,1-2H2. The van der Waals surface area contributed by atoms with Gasteiger partial charge in [-0.15, -0.1) is 0 Å². The molecule has 0 bridgehead atoms. The Hall–Kier alpha value is 0.547. The average molecular weight is 225 g/mol. The van der Waals surface area contributed by atoms with E-state index in [1.165, 1.54) is 0 Å². The summed E-state index contributed by atoms with van der Waals surface area (Å²) in [5.41, 5.74) is 0. The van der Waals surface area contributed by atoms with E-state index in [0.29, 0.717) is 0 Å². The molecule has 2 radical (unpaired) electrons. The summed E-state index contributed by atoms with van der Waals surface area (Å²) in [6.07, 6.45) is -4.98. The number of hydrogen-bond acceptors (Lipinski definition) is 1. The van der Waals surface area contributed by atoms with Gasteiger partial charge in [-0.3, -0.25) is 0 Å². The molecule has 0 aromatic carbocycles. The molecule has 0 aromatic heterocycles. The fourth-order valence-electron chi connectivity index (χ4n) is 0.315. The van der Waals surface area contributed by atoms with Gasteiger partial charge in [0, 0.05) is 6.42 Å². The van der Waals surface area contributed by atoms with E-state index >= 15 is 0 Å². The van der Waals surface area contributed by atoms with E-state index in [2.05, 4.69) is 4.43 Å². The topological polar surface area (TPSA) is 9.23 Å². The van der Waals surface area contributed by atoms with Crippen molar-refractivity contribution in [1.29, 1.82) is 0 Å². The molecule has 0 saturated carbocycles. The van der Waals surface area contributed by atoms with Gasteiger partial charge in [-0.1, -0.05) is 23.2 Å². The summed E-state index contributed by atoms with van der Waals surface area (Å²) in [6.45, 7) is 0. The van der Waals surface area contributed by atoms with Crippen molar-refractivity contribution in [2.24, 2.45) is 0 Å². The first kappa shape index (κ1) is 11.5. The minimum Gasteiger partial charge on any atom is -0.390 e. The molecule has 0 aliphatic rings. The minimum absolute atomic E-state index is 0.0839. The molecule has 0 heterocycles. The van der Waals surface area contributed by atoms with Gasteiger partial charge in [0.25, 0.3) is 0 Å². The summed E-state index contributed by atoms with van der Waals surface area (Å²) in [4.78, 5) is 0. The number of halogens is 5. The molecule has 11 heavy (non-hydrogen) atoms. The van der Waals surface area contributed by atoms with Crippen LogP contribution < -0.4 is 0 Å². The summed E-state index contributed by atoms with van der Waals surface area (Å²) in [5.74, 6) is 0. The van der Waals surface area contributed by atoms with Gasteiger partial charge in [0.2, 0.25) is 9.76 Å². The minimum atomic E-state index is -4.12. The molecule has 0 aliphatic heterocycles. The zero-order chi connectivity index (χ0) is 8.91. The summed E-state index contributed by atoms with van der Waals surface area (Å²) in [7, 11) is -0.298. The third-order valence-electron chi connectivity index (χ3n) is 0.683. The Kier molecular flexibility index (Phi) is 5.50. The van der Waals surface area contributed by atoms with E-state index in [-0.39, 0.29) is 15.8 Å².